The predicted octanol–water partition coefficient (Wildman–Crippen LogP) is 0.881. The van der Waals surface area contributed by atoms with E-state index in [0.29, 0.717) is 29.8 Å². The molecular weight excluding hydrogens is 256 g/mol. The monoisotopic (exact) mass is 274 g/mol. The van der Waals surface area contributed by atoms with Crippen LogP contribution in [-0.2, 0) is 0 Å². The second-order valence-corrected chi connectivity index (χ2v) is 5.32. The van der Waals surface area contributed by atoms with Crippen LogP contribution < -0.4 is 11.1 Å². The SMILES string of the molecule is CC1CCC(Nc2nc(N)nc(-n3cncn3)n2)C1C. The molecule has 3 atom stereocenters. The number of nitrogen functional groups attached to an aromatic ring is 1. The molecule has 0 spiro atoms. The number of hydrogen-bond acceptors (Lipinski definition) is 7. The molecule has 1 aliphatic carbocycles. The van der Waals surface area contributed by atoms with E-state index >= 15 is 0 Å². The second kappa shape index (κ2) is 5.03. The minimum absolute atomic E-state index is 0.173. The summed E-state index contributed by atoms with van der Waals surface area (Å²) in [5, 5.41) is 7.36. The molecule has 2 heterocycles. The highest BCUT2D eigenvalue weighted by Gasteiger charge is 2.30. The van der Waals surface area contributed by atoms with Crippen molar-refractivity contribution in [1.82, 2.24) is 29.7 Å². The molecule has 3 N–H and O–H groups in total. The lowest BCUT2D eigenvalue weighted by Crippen LogP contribution is -2.26. The van der Waals surface area contributed by atoms with Crippen molar-refractivity contribution in [3.05, 3.63) is 12.7 Å². The van der Waals surface area contributed by atoms with Gasteiger partial charge >= 0.3 is 0 Å². The van der Waals surface area contributed by atoms with Gasteiger partial charge in [-0.05, 0) is 24.7 Å². The summed E-state index contributed by atoms with van der Waals surface area (Å²) in [7, 11) is 0. The third-order valence-corrected chi connectivity index (χ3v) is 4.04. The van der Waals surface area contributed by atoms with E-state index in [4.69, 9.17) is 5.73 Å². The Hall–Kier alpha value is -2.25. The zero-order valence-corrected chi connectivity index (χ0v) is 11.6. The van der Waals surface area contributed by atoms with Gasteiger partial charge in [0.1, 0.15) is 12.7 Å². The number of nitrogens with one attached hydrogen (secondary N) is 1. The third-order valence-electron chi connectivity index (χ3n) is 4.04. The Morgan fingerprint density at radius 3 is 2.75 bits per heavy atom. The van der Waals surface area contributed by atoms with E-state index in [1.54, 1.807) is 0 Å². The highest BCUT2D eigenvalue weighted by atomic mass is 15.4. The normalized spacial score (nSPS) is 25.8. The first-order chi connectivity index (χ1) is 9.63. The molecule has 0 radical (unpaired) electrons. The molecule has 0 bridgehead atoms. The molecule has 3 rings (SSSR count). The lowest BCUT2D eigenvalue weighted by molar-refractivity contribution is 0.434. The molecule has 0 aliphatic heterocycles. The van der Waals surface area contributed by atoms with Crippen molar-refractivity contribution in [2.45, 2.75) is 32.7 Å². The molecule has 8 heteroatoms. The van der Waals surface area contributed by atoms with Gasteiger partial charge in [0.05, 0.1) is 0 Å². The Labute approximate surface area is 116 Å². The van der Waals surface area contributed by atoms with Crippen LogP contribution in [0.25, 0.3) is 5.95 Å². The molecule has 1 aliphatic rings. The fourth-order valence-electron chi connectivity index (χ4n) is 2.59. The van der Waals surface area contributed by atoms with Gasteiger partial charge in [-0.1, -0.05) is 13.8 Å². The lowest BCUT2D eigenvalue weighted by atomic mass is 9.98. The number of hydrogen-bond donors (Lipinski definition) is 2. The van der Waals surface area contributed by atoms with Gasteiger partial charge in [0, 0.05) is 6.04 Å². The Morgan fingerprint density at radius 2 is 2.10 bits per heavy atom. The first-order valence-corrected chi connectivity index (χ1v) is 6.76. The zero-order valence-electron chi connectivity index (χ0n) is 11.6. The van der Waals surface area contributed by atoms with Gasteiger partial charge in [-0.25, -0.2) is 4.98 Å². The van der Waals surface area contributed by atoms with Gasteiger partial charge < -0.3 is 11.1 Å². The van der Waals surface area contributed by atoms with Crippen molar-refractivity contribution in [3.63, 3.8) is 0 Å². The molecular formula is C12H18N8. The van der Waals surface area contributed by atoms with Crippen LogP contribution in [0.5, 0.6) is 0 Å². The maximum atomic E-state index is 5.74. The molecule has 3 unspecified atom stereocenters. The van der Waals surface area contributed by atoms with Gasteiger partial charge in [-0.2, -0.15) is 24.7 Å². The van der Waals surface area contributed by atoms with Crippen LogP contribution in [0.2, 0.25) is 0 Å². The highest BCUT2D eigenvalue weighted by Crippen LogP contribution is 2.32. The van der Waals surface area contributed by atoms with Gasteiger partial charge in [0.2, 0.25) is 11.9 Å². The van der Waals surface area contributed by atoms with Crippen LogP contribution in [0, 0.1) is 11.8 Å². The molecule has 20 heavy (non-hydrogen) atoms. The second-order valence-electron chi connectivity index (χ2n) is 5.32. The molecule has 1 fully saturated rings. The lowest BCUT2D eigenvalue weighted by Gasteiger charge is -2.19. The van der Waals surface area contributed by atoms with Gasteiger partial charge in [-0.15, -0.1) is 0 Å². The topological polar surface area (TPSA) is 107 Å². The summed E-state index contributed by atoms with van der Waals surface area (Å²) in [6, 6.07) is 0.371. The van der Waals surface area contributed by atoms with E-state index in [9.17, 15) is 0 Å². The van der Waals surface area contributed by atoms with E-state index in [2.05, 4.69) is 44.2 Å². The number of aromatic nitrogens is 6. The molecule has 8 nitrogen and oxygen atoms in total. The fraction of sp³-hybridized carbons (Fsp3) is 0.583. The Balaban J connectivity index is 1.83. The molecule has 0 aromatic carbocycles. The van der Waals surface area contributed by atoms with Crippen molar-refractivity contribution in [3.8, 4) is 5.95 Å². The maximum Gasteiger partial charge on any atom is 0.258 e. The number of nitrogens with zero attached hydrogens (tertiary/aromatic N) is 6. The van der Waals surface area contributed by atoms with E-state index in [1.807, 2.05) is 0 Å². The van der Waals surface area contributed by atoms with Crippen molar-refractivity contribution < 1.29 is 0 Å². The third kappa shape index (κ3) is 2.40. The van der Waals surface area contributed by atoms with E-state index in [1.165, 1.54) is 23.8 Å². The predicted molar refractivity (Wildman–Crippen MR) is 74.1 cm³/mol. The molecule has 2 aromatic heterocycles. The molecule has 106 valence electrons. The fourth-order valence-corrected chi connectivity index (χ4v) is 2.59. The summed E-state index contributed by atoms with van der Waals surface area (Å²) in [6.07, 6.45) is 5.29. The van der Waals surface area contributed by atoms with E-state index in [0.717, 1.165) is 6.42 Å². The van der Waals surface area contributed by atoms with Gasteiger partial charge in [0.25, 0.3) is 5.95 Å². The van der Waals surface area contributed by atoms with E-state index < -0.39 is 0 Å². The quantitative estimate of drug-likeness (QED) is 0.855. The first kappa shape index (κ1) is 12.8. The summed E-state index contributed by atoms with van der Waals surface area (Å²) in [6.45, 7) is 4.52. The molecule has 1 saturated carbocycles. The van der Waals surface area contributed by atoms with Crippen molar-refractivity contribution >= 4 is 11.9 Å². The first-order valence-electron chi connectivity index (χ1n) is 6.76. The Morgan fingerprint density at radius 1 is 1.25 bits per heavy atom. The Bertz CT molecular complexity index is 581. The van der Waals surface area contributed by atoms with Crippen LogP contribution >= 0.6 is 0 Å². The average Bonchev–Trinajstić information content (AvgIpc) is 3.04. The van der Waals surface area contributed by atoms with Gasteiger partial charge in [0.15, 0.2) is 0 Å². The smallest absolute Gasteiger partial charge is 0.258 e. The van der Waals surface area contributed by atoms with Crippen molar-refractivity contribution in [1.29, 1.82) is 0 Å². The Kier molecular flexibility index (Phi) is 3.21. The zero-order chi connectivity index (χ0) is 14.1. The van der Waals surface area contributed by atoms with Crippen molar-refractivity contribution in [2.75, 3.05) is 11.1 Å². The average molecular weight is 274 g/mol. The van der Waals surface area contributed by atoms with Crippen LogP contribution in [-0.4, -0.2) is 35.8 Å². The minimum Gasteiger partial charge on any atom is -0.368 e. The largest absolute Gasteiger partial charge is 0.368 e. The number of anilines is 2. The highest BCUT2D eigenvalue weighted by molar-refractivity contribution is 5.35. The summed E-state index contributed by atoms with van der Waals surface area (Å²) in [4.78, 5) is 16.4. The molecule has 0 amide bonds. The van der Waals surface area contributed by atoms with Crippen LogP contribution in [0.4, 0.5) is 11.9 Å². The van der Waals surface area contributed by atoms with E-state index in [-0.39, 0.29) is 5.95 Å². The number of rotatable bonds is 3. The maximum absolute atomic E-state index is 5.74. The summed E-state index contributed by atoms with van der Waals surface area (Å²) < 4.78 is 1.46. The van der Waals surface area contributed by atoms with Crippen LogP contribution in [0.1, 0.15) is 26.7 Å². The summed E-state index contributed by atoms with van der Waals surface area (Å²) in [5.41, 5.74) is 5.74. The summed E-state index contributed by atoms with van der Waals surface area (Å²) in [5.74, 6) is 2.33. The summed E-state index contributed by atoms with van der Waals surface area (Å²) >= 11 is 0. The minimum atomic E-state index is 0.173. The number of nitrogens with two attached hydrogens (primary N) is 1. The molecule has 2 aromatic rings. The van der Waals surface area contributed by atoms with Crippen LogP contribution in [0.15, 0.2) is 12.7 Å². The standard InChI is InChI=1S/C12H18N8/c1-7-3-4-9(8(7)2)16-11-17-10(13)18-12(19-11)20-6-14-5-15-20/h5-9H,3-4H2,1-2H3,(H3,13,16,17,18,19). The van der Waals surface area contributed by atoms with Crippen LogP contribution in [0.3, 0.4) is 0 Å². The molecule has 0 saturated heterocycles. The van der Waals surface area contributed by atoms with Crippen molar-refractivity contribution in [2.24, 2.45) is 11.8 Å². The van der Waals surface area contributed by atoms with Gasteiger partial charge in [-0.3, -0.25) is 0 Å².